The van der Waals surface area contributed by atoms with E-state index in [-0.39, 0.29) is 20.9 Å². The molecule has 0 spiro atoms. The average Bonchev–Trinajstić information content (AvgIpc) is 1.81. The first-order valence-electron chi connectivity index (χ1n) is 2.42. The second-order valence-electron chi connectivity index (χ2n) is 1.09. The Morgan fingerprint density at radius 2 is 2.12 bits per heavy atom. The fourth-order valence-corrected chi connectivity index (χ4v) is 0.646. The van der Waals surface area contributed by atoms with E-state index in [9.17, 15) is 0 Å². The summed E-state index contributed by atoms with van der Waals surface area (Å²) in [6, 6.07) is 0. The Bertz CT molecular complexity index is 129. The van der Waals surface area contributed by atoms with Gasteiger partial charge in [0.1, 0.15) is 0 Å². The predicted octanol–water partition coefficient (Wildman–Crippen LogP) is 1.11. The molecule has 0 unspecified atom stereocenters. The Kier molecular flexibility index (Phi) is 6.83. The first-order chi connectivity index (χ1) is 3.91. The zero-order chi connectivity index (χ0) is 6.24. The van der Waals surface area contributed by atoms with Crippen LogP contribution in [0.4, 0.5) is 0 Å². The van der Waals surface area contributed by atoms with Crippen LogP contribution in [0.5, 0.6) is 0 Å². The third-order valence-corrected chi connectivity index (χ3v) is 1.35. The first kappa shape index (κ1) is 7.91. The number of hydrogen-bond acceptors (Lipinski definition) is 0. The molecule has 0 saturated carbocycles. The van der Waals surface area contributed by atoms with Gasteiger partial charge in [-0.05, 0) is 0 Å². The Labute approximate surface area is 61.1 Å². The van der Waals surface area contributed by atoms with Crippen molar-refractivity contribution >= 4 is 20.9 Å². The third kappa shape index (κ3) is 5.91. The zero-order valence-corrected chi connectivity index (χ0v) is 7.45. The van der Waals surface area contributed by atoms with Gasteiger partial charge in [-0.25, -0.2) is 0 Å². The van der Waals surface area contributed by atoms with E-state index in [0.717, 1.165) is 6.42 Å². The van der Waals surface area contributed by atoms with Gasteiger partial charge in [0.15, 0.2) is 0 Å². The van der Waals surface area contributed by atoms with Gasteiger partial charge in [0.05, 0.1) is 0 Å². The van der Waals surface area contributed by atoms with Crippen LogP contribution in [-0.2, 0) is 0 Å². The minimum absolute atomic E-state index is 0.0149. The van der Waals surface area contributed by atoms with Crippen LogP contribution >= 0.6 is 0 Å². The van der Waals surface area contributed by atoms with Crippen molar-refractivity contribution < 1.29 is 0 Å². The Morgan fingerprint density at radius 1 is 1.38 bits per heavy atom. The van der Waals surface area contributed by atoms with Crippen LogP contribution in [0.25, 0.3) is 0 Å². The summed E-state index contributed by atoms with van der Waals surface area (Å²) in [5, 5.41) is 0. The van der Waals surface area contributed by atoms with Crippen molar-refractivity contribution in [3.63, 3.8) is 0 Å². The van der Waals surface area contributed by atoms with Gasteiger partial charge in [-0.3, -0.25) is 0 Å². The second-order valence-corrected chi connectivity index (χ2v) is 2.83. The fraction of sp³-hybridized carbons (Fsp3) is 0.429. The molecule has 0 rings (SSSR count). The van der Waals surface area contributed by atoms with Gasteiger partial charge in [0.2, 0.25) is 0 Å². The second kappa shape index (κ2) is 6.91. The van der Waals surface area contributed by atoms with Gasteiger partial charge in [-0.1, -0.05) is 0 Å². The van der Waals surface area contributed by atoms with Crippen LogP contribution in [0, 0.1) is 21.7 Å². The van der Waals surface area contributed by atoms with E-state index < -0.39 is 0 Å². The van der Waals surface area contributed by atoms with Crippen molar-refractivity contribution in [1.82, 2.24) is 0 Å². The van der Waals surface area contributed by atoms with Crippen LogP contribution in [-0.4, -0.2) is 20.9 Å². The van der Waals surface area contributed by atoms with Crippen LogP contribution in [0.2, 0.25) is 4.97 Å². The molecule has 0 fully saturated rings. The molecule has 0 aromatic rings. The van der Waals surface area contributed by atoms with Crippen molar-refractivity contribution in [3.05, 3.63) is 0 Å². The molecule has 0 radical (unpaired) electrons. The molecule has 1 heteroatoms. The molecule has 0 aliphatic carbocycles. The predicted molar refractivity (Wildman–Crippen MR) is 37.5 cm³/mol. The Balaban J connectivity index is 3.40. The summed E-state index contributed by atoms with van der Waals surface area (Å²) < 4.78 is 2.99. The van der Waals surface area contributed by atoms with Gasteiger partial charge in [0.25, 0.3) is 0 Å². The van der Waals surface area contributed by atoms with E-state index >= 15 is 0 Å². The summed E-state index contributed by atoms with van der Waals surface area (Å²) in [7, 11) is 0. The first-order valence-corrected chi connectivity index (χ1v) is 5.92. The third-order valence-electron chi connectivity index (χ3n) is 0.481. The van der Waals surface area contributed by atoms with Crippen LogP contribution in [0.15, 0.2) is 0 Å². The topological polar surface area (TPSA) is 0 Å². The zero-order valence-electron chi connectivity index (χ0n) is 5.12. The Morgan fingerprint density at radius 3 is 2.62 bits per heavy atom. The fourth-order valence-electron chi connectivity index (χ4n) is 0.209. The molecule has 0 atom stereocenters. The van der Waals surface area contributed by atoms with E-state index in [2.05, 4.69) is 26.7 Å². The summed E-state index contributed by atoms with van der Waals surface area (Å²) in [4.78, 5) is 2.14. The maximum atomic E-state index is 2.99. The number of rotatable bonds is 0. The molecule has 0 saturated heterocycles. The van der Waals surface area contributed by atoms with Crippen LogP contribution in [0.1, 0.15) is 13.3 Å². The van der Waals surface area contributed by atoms with Gasteiger partial charge in [-0.15, -0.1) is 0 Å². The molecule has 0 aromatic heterocycles. The van der Waals surface area contributed by atoms with E-state index in [1.807, 2.05) is 6.92 Å². The van der Waals surface area contributed by atoms with Gasteiger partial charge in [0, 0.05) is 0 Å². The molecule has 0 amide bonds. The monoisotopic (exact) mass is 222 g/mol. The van der Waals surface area contributed by atoms with Crippen LogP contribution in [0.3, 0.4) is 0 Å². The summed E-state index contributed by atoms with van der Waals surface area (Å²) in [6.07, 6.45) is 0.916. The average molecular weight is 220 g/mol. The number of hydrogen-bond donors (Lipinski definition) is 0. The standard InChI is InChI=1S/C7H8Te/c1-3-4-5-6-7-8-2/h3H2,1-2H3. The van der Waals surface area contributed by atoms with E-state index in [4.69, 9.17) is 0 Å². The van der Waals surface area contributed by atoms with Gasteiger partial charge >= 0.3 is 61.0 Å². The summed E-state index contributed by atoms with van der Waals surface area (Å²) >= 11 is -0.0149. The van der Waals surface area contributed by atoms with Gasteiger partial charge < -0.3 is 0 Å². The van der Waals surface area contributed by atoms with Crippen LogP contribution < -0.4 is 0 Å². The molecule has 0 bridgehead atoms. The molecule has 0 aliphatic rings. The normalized spacial score (nSPS) is 5.75. The van der Waals surface area contributed by atoms with E-state index in [0.29, 0.717) is 0 Å². The van der Waals surface area contributed by atoms with Crippen molar-refractivity contribution in [2.75, 3.05) is 0 Å². The van der Waals surface area contributed by atoms with Crippen molar-refractivity contribution in [1.29, 1.82) is 0 Å². The quantitative estimate of drug-likeness (QED) is 0.423. The summed E-state index contributed by atoms with van der Waals surface area (Å²) in [5.41, 5.74) is 0. The molecule has 0 aromatic carbocycles. The SMILES string of the molecule is CCC#CC#C[Te]C. The molecular formula is C7H8Te. The van der Waals surface area contributed by atoms with E-state index in [1.165, 1.54) is 0 Å². The van der Waals surface area contributed by atoms with Crippen molar-refractivity contribution in [2.45, 2.75) is 18.3 Å². The summed E-state index contributed by atoms with van der Waals surface area (Å²) in [5.74, 6) is 8.42. The molecule has 0 nitrogen and oxygen atoms in total. The summed E-state index contributed by atoms with van der Waals surface area (Å²) in [6.45, 7) is 2.03. The molecule has 0 aliphatic heterocycles. The van der Waals surface area contributed by atoms with Gasteiger partial charge in [-0.2, -0.15) is 0 Å². The molecule has 0 heterocycles. The molecular weight excluding hydrogens is 212 g/mol. The molecule has 42 valence electrons. The van der Waals surface area contributed by atoms with Crippen molar-refractivity contribution in [2.24, 2.45) is 0 Å². The Hall–Kier alpha value is -0.0904. The molecule has 8 heavy (non-hydrogen) atoms. The molecule has 0 N–H and O–H groups in total. The minimum atomic E-state index is -0.0149. The van der Waals surface area contributed by atoms with Crippen molar-refractivity contribution in [3.8, 4) is 21.7 Å². The van der Waals surface area contributed by atoms with E-state index in [1.54, 1.807) is 0 Å². The maximum absolute atomic E-state index is 2.99.